The van der Waals surface area contributed by atoms with Crippen molar-refractivity contribution in [1.29, 1.82) is 0 Å². The molecule has 0 saturated carbocycles. The van der Waals surface area contributed by atoms with Crippen LogP contribution in [0.2, 0.25) is 0 Å². The molecule has 0 bridgehead atoms. The molecule has 0 aromatic heterocycles. The summed E-state index contributed by atoms with van der Waals surface area (Å²) >= 11 is 0. The summed E-state index contributed by atoms with van der Waals surface area (Å²) in [5, 5.41) is 0. The van der Waals surface area contributed by atoms with Gasteiger partial charge in [0.1, 0.15) is 11.5 Å². The maximum Gasteiger partial charge on any atom is 0.122 e. The monoisotopic (exact) mass is 285 g/mol. The number of hydrogen-bond acceptors (Lipinski definition) is 3. The summed E-state index contributed by atoms with van der Waals surface area (Å²) in [4.78, 5) is 0. The van der Waals surface area contributed by atoms with Crippen LogP contribution >= 0.6 is 0 Å². The van der Waals surface area contributed by atoms with Crippen molar-refractivity contribution in [3.8, 4) is 11.5 Å². The zero-order valence-corrected chi connectivity index (χ0v) is 12.9. The molecule has 2 unspecified atom stereocenters. The van der Waals surface area contributed by atoms with Crippen molar-refractivity contribution in [2.75, 3.05) is 20.8 Å². The molecule has 0 aliphatic heterocycles. The normalized spacial score (nSPS) is 13.5. The first kappa shape index (κ1) is 15.4. The lowest BCUT2D eigenvalue weighted by atomic mass is 9.82. The standard InChI is InChI=1S/C18H23NO2/c1-13(14-7-5-4-6-8-14)17(12-19)16-11-15(20-2)9-10-18(16)21-3/h4-11,13,17H,12,19H2,1-3H3. The first-order chi connectivity index (χ1) is 10.2. The number of ether oxygens (including phenoxy) is 2. The average molecular weight is 285 g/mol. The molecule has 0 spiro atoms. The average Bonchev–Trinajstić information content (AvgIpc) is 2.56. The van der Waals surface area contributed by atoms with Gasteiger partial charge in [-0.05, 0) is 36.2 Å². The van der Waals surface area contributed by atoms with Gasteiger partial charge in [-0.25, -0.2) is 0 Å². The second-order valence-corrected chi connectivity index (χ2v) is 5.15. The molecule has 112 valence electrons. The molecule has 0 aliphatic rings. The van der Waals surface area contributed by atoms with Gasteiger partial charge in [-0.1, -0.05) is 37.3 Å². The molecule has 0 heterocycles. The Labute approximate surface area is 126 Å². The van der Waals surface area contributed by atoms with Crippen LogP contribution in [-0.4, -0.2) is 20.8 Å². The summed E-state index contributed by atoms with van der Waals surface area (Å²) < 4.78 is 10.8. The van der Waals surface area contributed by atoms with E-state index in [-0.39, 0.29) is 5.92 Å². The summed E-state index contributed by atoms with van der Waals surface area (Å²) in [6.45, 7) is 2.76. The Morgan fingerprint density at radius 1 is 1.00 bits per heavy atom. The van der Waals surface area contributed by atoms with Crippen molar-refractivity contribution in [3.05, 3.63) is 59.7 Å². The lowest BCUT2D eigenvalue weighted by molar-refractivity contribution is 0.392. The smallest absolute Gasteiger partial charge is 0.122 e. The van der Waals surface area contributed by atoms with Crippen LogP contribution in [0.15, 0.2) is 48.5 Å². The number of rotatable bonds is 6. The van der Waals surface area contributed by atoms with Gasteiger partial charge in [-0.2, -0.15) is 0 Å². The molecule has 2 atom stereocenters. The summed E-state index contributed by atoms with van der Waals surface area (Å²) in [5.74, 6) is 2.16. The second kappa shape index (κ2) is 7.14. The molecule has 2 aromatic carbocycles. The third kappa shape index (κ3) is 3.37. The van der Waals surface area contributed by atoms with Gasteiger partial charge in [-0.15, -0.1) is 0 Å². The Balaban J connectivity index is 2.41. The molecule has 21 heavy (non-hydrogen) atoms. The third-order valence-corrected chi connectivity index (χ3v) is 4.02. The van der Waals surface area contributed by atoms with Crippen LogP contribution in [0.1, 0.15) is 29.9 Å². The topological polar surface area (TPSA) is 44.5 Å². The van der Waals surface area contributed by atoms with E-state index in [1.165, 1.54) is 5.56 Å². The lowest BCUT2D eigenvalue weighted by Gasteiger charge is -2.25. The minimum absolute atomic E-state index is 0.178. The van der Waals surface area contributed by atoms with Crippen LogP contribution in [0.4, 0.5) is 0 Å². The number of methoxy groups -OCH3 is 2. The summed E-state index contributed by atoms with van der Waals surface area (Å²) in [6.07, 6.45) is 0. The Hall–Kier alpha value is -2.00. The largest absolute Gasteiger partial charge is 0.497 e. The van der Waals surface area contributed by atoms with Crippen LogP contribution in [-0.2, 0) is 0 Å². The molecule has 0 fully saturated rings. The Kier molecular flexibility index (Phi) is 5.23. The molecule has 0 saturated heterocycles. The number of hydrogen-bond donors (Lipinski definition) is 1. The van der Waals surface area contributed by atoms with Crippen LogP contribution in [0.3, 0.4) is 0 Å². The highest BCUT2D eigenvalue weighted by molar-refractivity contribution is 5.44. The minimum atomic E-state index is 0.178. The van der Waals surface area contributed by atoms with Crippen LogP contribution in [0.5, 0.6) is 11.5 Å². The summed E-state index contributed by atoms with van der Waals surface area (Å²) in [6, 6.07) is 16.3. The fourth-order valence-corrected chi connectivity index (χ4v) is 2.72. The van der Waals surface area contributed by atoms with E-state index in [0.717, 1.165) is 17.1 Å². The first-order valence-electron chi connectivity index (χ1n) is 7.18. The van der Waals surface area contributed by atoms with E-state index in [2.05, 4.69) is 31.2 Å². The van der Waals surface area contributed by atoms with Crippen molar-refractivity contribution in [2.45, 2.75) is 18.8 Å². The van der Waals surface area contributed by atoms with Gasteiger partial charge in [0.25, 0.3) is 0 Å². The highest BCUT2D eigenvalue weighted by Gasteiger charge is 2.23. The van der Waals surface area contributed by atoms with Gasteiger partial charge in [0, 0.05) is 11.5 Å². The fraction of sp³-hybridized carbons (Fsp3) is 0.333. The van der Waals surface area contributed by atoms with E-state index in [4.69, 9.17) is 15.2 Å². The molecule has 2 rings (SSSR count). The second-order valence-electron chi connectivity index (χ2n) is 5.15. The van der Waals surface area contributed by atoms with Gasteiger partial charge in [0.05, 0.1) is 14.2 Å². The Morgan fingerprint density at radius 3 is 2.29 bits per heavy atom. The molecule has 3 heteroatoms. The van der Waals surface area contributed by atoms with E-state index in [0.29, 0.717) is 12.5 Å². The molecule has 0 aliphatic carbocycles. The Bertz CT molecular complexity index is 569. The van der Waals surface area contributed by atoms with E-state index >= 15 is 0 Å². The lowest BCUT2D eigenvalue weighted by Crippen LogP contribution is -2.19. The maximum atomic E-state index is 6.06. The van der Waals surface area contributed by atoms with Gasteiger partial charge in [0.2, 0.25) is 0 Å². The van der Waals surface area contributed by atoms with Crippen molar-refractivity contribution in [3.63, 3.8) is 0 Å². The minimum Gasteiger partial charge on any atom is -0.497 e. The Morgan fingerprint density at radius 2 is 1.71 bits per heavy atom. The molecule has 3 nitrogen and oxygen atoms in total. The predicted molar refractivity (Wildman–Crippen MR) is 86.2 cm³/mol. The first-order valence-corrected chi connectivity index (χ1v) is 7.18. The van der Waals surface area contributed by atoms with E-state index in [1.54, 1.807) is 14.2 Å². The molecule has 2 N–H and O–H groups in total. The number of nitrogens with two attached hydrogens (primary N) is 1. The van der Waals surface area contributed by atoms with Gasteiger partial charge >= 0.3 is 0 Å². The molecular weight excluding hydrogens is 262 g/mol. The third-order valence-electron chi connectivity index (χ3n) is 4.02. The zero-order chi connectivity index (χ0) is 15.2. The van der Waals surface area contributed by atoms with Gasteiger partial charge < -0.3 is 15.2 Å². The van der Waals surface area contributed by atoms with Crippen molar-refractivity contribution in [1.82, 2.24) is 0 Å². The zero-order valence-electron chi connectivity index (χ0n) is 12.9. The summed E-state index contributed by atoms with van der Waals surface area (Å²) in [5.41, 5.74) is 8.43. The molecular formula is C18H23NO2. The SMILES string of the molecule is COc1ccc(OC)c(C(CN)C(C)c2ccccc2)c1. The fourth-order valence-electron chi connectivity index (χ4n) is 2.72. The van der Waals surface area contributed by atoms with E-state index in [1.807, 2.05) is 24.3 Å². The maximum absolute atomic E-state index is 6.06. The van der Waals surface area contributed by atoms with E-state index < -0.39 is 0 Å². The quantitative estimate of drug-likeness (QED) is 0.882. The van der Waals surface area contributed by atoms with Crippen molar-refractivity contribution >= 4 is 0 Å². The van der Waals surface area contributed by atoms with E-state index in [9.17, 15) is 0 Å². The molecule has 2 aromatic rings. The van der Waals surface area contributed by atoms with Crippen LogP contribution < -0.4 is 15.2 Å². The highest BCUT2D eigenvalue weighted by atomic mass is 16.5. The van der Waals surface area contributed by atoms with Crippen molar-refractivity contribution < 1.29 is 9.47 Å². The molecule has 0 radical (unpaired) electrons. The summed E-state index contributed by atoms with van der Waals surface area (Å²) in [7, 11) is 3.36. The van der Waals surface area contributed by atoms with Crippen LogP contribution in [0, 0.1) is 0 Å². The van der Waals surface area contributed by atoms with Crippen LogP contribution in [0.25, 0.3) is 0 Å². The highest BCUT2D eigenvalue weighted by Crippen LogP contribution is 2.38. The number of benzene rings is 2. The van der Waals surface area contributed by atoms with Crippen molar-refractivity contribution in [2.24, 2.45) is 5.73 Å². The predicted octanol–water partition coefficient (Wildman–Crippen LogP) is 3.55. The molecule has 0 amide bonds. The van der Waals surface area contributed by atoms with Gasteiger partial charge in [-0.3, -0.25) is 0 Å². The van der Waals surface area contributed by atoms with Gasteiger partial charge in [0.15, 0.2) is 0 Å².